The van der Waals surface area contributed by atoms with E-state index in [4.69, 9.17) is 9.47 Å². The van der Waals surface area contributed by atoms with Crippen LogP contribution < -0.4 is 23.7 Å². The van der Waals surface area contributed by atoms with Crippen molar-refractivity contribution < 1.29 is 68.0 Å². The number of alkyl halides is 9. The van der Waals surface area contributed by atoms with Crippen LogP contribution in [0.2, 0.25) is 0 Å². The van der Waals surface area contributed by atoms with Crippen LogP contribution in [-0.4, -0.2) is 50.7 Å². The van der Waals surface area contributed by atoms with E-state index in [1.807, 2.05) is 0 Å². The molecule has 1 aliphatic rings. The maximum absolute atomic E-state index is 13.8. The highest BCUT2D eigenvalue weighted by atomic mass is 19.4. The molecule has 0 saturated heterocycles. The molecule has 3 aromatic rings. The van der Waals surface area contributed by atoms with Gasteiger partial charge in [0.25, 0.3) is 5.91 Å². The quantitative estimate of drug-likeness (QED) is 0.259. The number of halogens is 9. The van der Waals surface area contributed by atoms with Crippen LogP contribution >= 0.6 is 0 Å². The topological polar surface area (TPSA) is 66.5 Å². The highest BCUT2D eigenvalue weighted by Crippen LogP contribution is 2.44. The normalized spacial score (nSPS) is 15.4. The number of carbonyl (C=O) groups excluding carboxylic acids is 1. The average molecular weight is 625 g/mol. The van der Waals surface area contributed by atoms with Crippen LogP contribution in [0.25, 0.3) is 0 Å². The Morgan fingerprint density at radius 3 is 1.84 bits per heavy atom. The second-order valence-electron chi connectivity index (χ2n) is 8.96. The molecule has 4 rings (SSSR count). The van der Waals surface area contributed by atoms with E-state index in [-0.39, 0.29) is 24.3 Å². The van der Waals surface area contributed by atoms with Gasteiger partial charge in [-0.3, -0.25) is 4.79 Å². The molecule has 16 heteroatoms. The number of amides is 1. The van der Waals surface area contributed by atoms with Crippen molar-refractivity contribution >= 4 is 5.91 Å². The van der Waals surface area contributed by atoms with Crippen molar-refractivity contribution in [1.82, 2.24) is 4.90 Å². The van der Waals surface area contributed by atoms with Gasteiger partial charge in [0.1, 0.15) is 28.7 Å². The van der Waals surface area contributed by atoms with E-state index >= 15 is 0 Å². The van der Waals surface area contributed by atoms with Crippen LogP contribution in [0.3, 0.4) is 0 Å². The zero-order chi connectivity index (χ0) is 31.7. The van der Waals surface area contributed by atoms with Gasteiger partial charge in [0.2, 0.25) is 0 Å². The Kier molecular flexibility index (Phi) is 8.51. The average Bonchev–Trinajstić information content (AvgIpc) is 2.88. The molecule has 0 radical (unpaired) electrons. The van der Waals surface area contributed by atoms with Gasteiger partial charge in [0.05, 0.1) is 20.3 Å². The standard InChI is InChI=1S/C27H20F9NO6/c1-39-18-8-14-6-7-37(24(38)16-10-19(42-26(31,32)33)12-20(11-16)43-27(34,35)36)23(22(14)21(13-18)40-2)15-4-3-5-17(9-15)41-25(28,29)30/h3-5,8-13,23H,6-7H2,1-2H3. The Balaban J connectivity index is 1.88. The molecule has 1 heterocycles. The lowest BCUT2D eigenvalue weighted by atomic mass is 9.86. The summed E-state index contributed by atoms with van der Waals surface area (Å²) in [5, 5.41) is 0. The minimum Gasteiger partial charge on any atom is -0.497 e. The lowest BCUT2D eigenvalue weighted by molar-refractivity contribution is -0.277. The van der Waals surface area contributed by atoms with E-state index < -0.39 is 53.8 Å². The minimum atomic E-state index is -5.32. The van der Waals surface area contributed by atoms with Crippen LogP contribution in [0.15, 0.2) is 54.6 Å². The largest absolute Gasteiger partial charge is 0.573 e. The van der Waals surface area contributed by atoms with Gasteiger partial charge in [0.15, 0.2) is 0 Å². The number of rotatable bonds is 7. The van der Waals surface area contributed by atoms with Gasteiger partial charge in [-0.05, 0) is 47.9 Å². The van der Waals surface area contributed by atoms with Crippen molar-refractivity contribution in [1.29, 1.82) is 0 Å². The summed E-state index contributed by atoms with van der Waals surface area (Å²) in [6.07, 6.45) is -15.6. The molecule has 1 aliphatic heterocycles. The zero-order valence-corrected chi connectivity index (χ0v) is 22.0. The second-order valence-corrected chi connectivity index (χ2v) is 8.96. The Labute approximate surface area is 237 Å². The lowest BCUT2D eigenvalue weighted by Crippen LogP contribution is -2.41. The SMILES string of the molecule is COc1cc2c(c(OC)c1)C(c1cccc(OC(F)(F)F)c1)N(C(=O)c1cc(OC(F)(F)F)cc(OC(F)(F)F)c1)CC2. The molecule has 3 aromatic carbocycles. The van der Waals surface area contributed by atoms with Gasteiger partial charge in [-0.25, -0.2) is 0 Å². The molecule has 0 aliphatic carbocycles. The first-order valence-corrected chi connectivity index (χ1v) is 12.0. The molecule has 0 aromatic heterocycles. The Morgan fingerprint density at radius 1 is 0.721 bits per heavy atom. The fourth-order valence-corrected chi connectivity index (χ4v) is 4.68. The van der Waals surface area contributed by atoms with Crippen LogP contribution in [-0.2, 0) is 6.42 Å². The molecular weight excluding hydrogens is 605 g/mol. The molecule has 43 heavy (non-hydrogen) atoms. The Morgan fingerprint density at radius 2 is 1.30 bits per heavy atom. The summed E-state index contributed by atoms with van der Waals surface area (Å²) < 4.78 is 139. The molecule has 1 atom stereocenters. The highest BCUT2D eigenvalue weighted by Gasteiger charge is 2.39. The molecule has 0 saturated carbocycles. The third-order valence-electron chi connectivity index (χ3n) is 6.13. The van der Waals surface area contributed by atoms with E-state index in [0.717, 1.165) is 17.0 Å². The molecule has 0 spiro atoms. The van der Waals surface area contributed by atoms with Gasteiger partial charge < -0.3 is 28.6 Å². The maximum Gasteiger partial charge on any atom is 0.573 e. The van der Waals surface area contributed by atoms with Crippen molar-refractivity contribution in [3.8, 4) is 28.7 Å². The van der Waals surface area contributed by atoms with Crippen molar-refractivity contribution in [3.05, 3.63) is 76.9 Å². The Bertz CT molecular complexity index is 1440. The predicted octanol–water partition coefficient (Wildman–Crippen LogP) is 7.19. The molecule has 0 fully saturated rings. The molecule has 232 valence electrons. The lowest BCUT2D eigenvalue weighted by Gasteiger charge is -2.39. The summed E-state index contributed by atoms with van der Waals surface area (Å²) in [7, 11) is 2.67. The van der Waals surface area contributed by atoms with Crippen LogP contribution in [0, 0.1) is 0 Å². The molecule has 0 N–H and O–H groups in total. The number of methoxy groups -OCH3 is 2. The fourth-order valence-electron chi connectivity index (χ4n) is 4.68. The van der Waals surface area contributed by atoms with E-state index in [1.54, 1.807) is 6.07 Å². The first kappa shape index (κ1) is 31.4. The number of fused-ring (bicyclic) bond motifs is 1. The second kappa shape index (κ2) is 11.6. The fraction of sp³-hybridized carbons (Fsp3) is 0.296. The molecule has 1 amide bonds. The number of hydrogen-bond acceptors (Lipinski definition) is 6. The van der Waals surface area contributed by atoms with E-state index in [2.05, 4.69) is 14.2 Å². The monoisotopic (exact) mass is 625 g/mol. The third kappa shape index (κ3) is 7.87. The van der Waals surface area contributed by atoms with Gasteiger partial charge in [-0.15, -0.1) is 39.5 Å². The van der Waals surface area contributed by atoms with E-state index in [1.165, 1.54) is 32.4 Å². The smallest absolute Gasteiger partial charge is 0.497 e. The minimum absolute atomic E-state index is 0.0639. The Hall–Kier alpha value is -4.50. The molecular formula is C27H20F9NO6. The predicted molar refractivity (Wildman–Crippen MR) is 129 cm³/mol. The van der Waals surface area contributed by atoms with Crippen molar-refractivity contribution in [2.45, 2.75) is 31.5 Å². The number of nitrogens with zero attached hydrogens (tertiary/aromatic N) is 1. The maximum atomic E-state index is 13.8. The third-order valence-corrected chi connectivity index (χ3v) is 6.13. The molecule has 7 nitrogen and oxygen atoms in total. The van der Waals surface area contributed by atoms with Crippen LogP contribution in [0.1, 0.15) is 33.1 Å². The van der Waals surface area contributed by atoms with Gasteiger partial charge in [0, 0.05) is 29.8 Å². The highest BCUT2D eigenvalue weighted by molar-refractivity contribution is 5.96. The number of ether oxygens (including phenoxy) is 5. The van der Waals surface area contributed by atoms with Crippen LogP contribution in [0.4, 0.5) is 39.5 Å². The first-order chi connectivity index (χ1) is 20.0. The van der Waals surface area contributed by atoms with Crippen LogP contribution in [0.5, 0.6) is 28.7 Å². The summed E-state index contributed by atoms with van der Waals surface area (Å²) in [4.78, 5) is 14.9. The van der Waals surface area contributed by atoms with Crippen molar-refractivity contribution in [3.63, 3.8) is 0 Å². The van der Waals surface area contributed by atoms with Crippen molar-refractivity contribution in [2.24, 2.45) is 0 Å². The zero-order valence-electron chi connectivity index (χ0n) is 22.0. The number of hydrogen-bond donors (Lipinski definition) is 0. The van der Waals surface area contributed by atoms with Gasteiger partial charge in [-0.1, -0.05) is 12.1 Å². The summed E-state index contributed by atoms with van der Waals surface area (Å²) >= 11 is 0. The summed E-state index contributed by atoms with van der Waals surface area (Å²) in [6.45, 7) is -0.170. The number of carbonyl (C=O) groups is 1. The summed E-state index contributed by atoms with van der Waals surface area (Å²) in [5.74, 6) is -3.57. The van der Waals surface area contributed by atoms with E-state index in [9.17, 15) is 44.3 Å². The number of benzene rings is 3. The summed E-state index contributed by atoms with van der Waals surface area (Å²) in [5.41, 5.74) is 0.225. The van der Waals surface area contributed by atoms with E-state index in [0.29, 0.717) is 35.1 Å². The summed E-state index contributed by atoms with van der Waals surface area (Å²) in [6, 6.07) is 7.85. The molecule has 0 bridgehead atoms. The van der Waals surface area contributed by atoms with Gasteiger partial charge >= 0.3 is 19.1 Å². The van der Waals surface area contributed by atoms with Crippen molar-refractivity contribution in [2.75, 3.05) is 20.8 Å². The first-order valence-electron chi connectivity index (χ1n) is 12.0. The molecule has 1 unspecified atom stereocenters. The van der Waals surface area contributed by atoms with Gasteiger partial charge in [-0.2, -0.15) is 0 Å².